The molecule has 3 rings (SSSR count). The highest BCUT2D eigenvalue weighted by atomic mass is 15.4. The van der Waals surface area contributed by atoms with E-state index in [0.29, 0.717) is 5.69 Å². The van der Waals surface area contributed by atoms with Crippen LogP contribution in [-0.4, -0.2) is 33.1 Å². The molecule has 0 saturated carbocycles. The zero-order chi connectivity index (χ0) is 16.2. The summed E-state index contributed by atoms with van der Waals surface area (Å²) in [5, 5.41) is 17.2. The topological polar surface area (TPSA) is 70.6 Å². The van der Waals surface area contributed by atoms with E-state index in [2.05, 4.69) is 40.1 Å². The van der Waals surface area contributed by atoms with E-state index in [1.165, 1.54) is 12.8 Å². The lowest BCUT2D eigenvalue weighted by atomic mass is 9.99. The first-order valence-electron chi connectivity index (χ1n) is 8.29. The van der Waals surface area contributed by atoms with Crippen molar-refractivity contribution in [2.75, 3.05) is 18.0 Å². The SMILES string of the molecule is CCCc1c(C#N)nnn1-c1ccc(N2CCC(C)CC2)nc1. The third-order valence-corrected chi connectivity index (χ3v) is 4.44. The largest absolute Gasteiger partial charge is 0.357 e. The van der Waals surface area contributed by atoms with Crippen LogP contribution in [0.2, 0.25) is 0 Å². The minimum atomic E-state index is 0.404. The summed E-state index contributed by atoms with van der Waals surface area (Å²) in [4.78, 5) is 6.93. The molecule has 0 bridgehead atoms. The van der Waals surface area contributed by atoms with Crippen LogP contribution in [0.4, 0.5) is 5.82 Å². The predicted octanol–water partition coefficient (Wildman–Crippen LogP) is 2.72. The van der Waals surface area contributed by atoms with Gasteiger partial charge in [0.2, 0.25) is 0 Å². The van der Waals surface area contributed by atoms with Gasteiger partial charge < -0.3 is 4.90 Å². The molecule has 0 unspecified atom stereocenters. The average molecular weight is 310 g/mol. The van der Waals surface area contributed by atoms with Crippen LogP contribution < -0.4 is 4.90 Å². The Hall–Kier alpha value is -2.42. The first-order valence-corrected chi connectivity index (χ1v) is 8.29. The average Bonchev–Trinajstić information content (AvgIpc) is 2.99. The third kappa shape index (κ3) is 3.19. The van der Waals surface area contributed by atoms with E-state index in [4.69, 9.17) is 5.26 Å². The molecule has 2 aromatic rings. The second-order valence-electron chi connectivity index (χ2n) is 6.20. The molecule has 1 aliphatic rings. The van der Waals surface area contributed by atoms with Crippen LogP contribution in [0.25, 0.3) is 5.69 Å². The number of hydrogen-bond donors (Lipinski definition) is 0. The van der Waals surface area contributed by atoms with Crippen molar-refractivity contribution in [1.29, 1.82) is 5.26 Å². The minimum Gasteiger partial charge on any atom is -0.357 e. The standard InChI is InChI=1S/C17H22N6/c1-3-4-16-15(11-18)20-21-23(16)14-5-6-17(19-12-14)22-9-7-13(2)8-10-22/h5-6,12-13H,3-4,7-10H2,1-2H3. The quantitative estimate of drug-likeness (QED) is 0.868. The summed E-state index contributed by atoms with van der Waals surface area (Å²) in [5.41, 5.74) is 2.12. The first-order chi connectivity index (χ1) is 11.2. The molecule has 23 heavy (non-hydrogen) atoms. The zero-order valence-electron chi connectivity index (χ0n) is 13.7. The summed E-state index contributed by atoms with van der Waals surface area (Å²) in [6, 6.07) is 6.16. The van der Waals surface area contributed by atoms with E-state index in [1.807, 2.05) is 18.3 Å². The van der Waals surface area contributed by atoms with Gasteiger partial charge in [-0.15, -0.1) is 5.10 Å². The number of nitriles is 1. The summed E-state index contributed by atoms with van der Waals surface area (Å²) in [6.07, 6.45) is 5.99. The van der Waals surface area contributed by atoms with Crippen LogP contribution in [0.3, 0.4) is 0 Å². The summed E-state index contributed by atoms with van der Waals surface area (Å²) in [7, 11) is 0. The van der Waals surface area contributed by atoms with Crippen molar-refractivity contribution >= 4 is 5.82 Å². The Morgan fingerprint density at radius 1 is 1.30 bits per heavy atom. The van der Waals surface area contributed by atoms with Crippen molar-refractivity contribution in [3.05, 3.63) is 29.7 Å². The zero-order valence-corrected chi connectivity index (χ0v) is 13.7. The van der Waals surface area contributed by atoms with E-state index in [0.717, 1.165) is 49.0 Å². The predicted molar refractivity (Wildman–Crippen MR) is 88.5 cm³/mol. The summed E-state index contributed by atoms with van der Waals surface area (Å²) in [5.74, 6) is 1.82. The fourth-order valence-electron chi connectivity index (χ4n) is 2.99. The van der Waals surface area contributed by atoms with Gasteiger partial charge in [0.25, 0.3) is 0 Å². The molecule has 3 heterocycles. The highest BCUT2D eigenvalue weighted by Crippen LogP contribution is 2.22. The maximum absolute atomic E-state index is 9.15. The molecule has 1 fully saturated rings. The van der Waals surface area contributed by atoms with Gasteiger partial charge in [0, 0.05) is 13.1 Å². The van der Waals surface area contributed by atoms with Gasteiger partial charge in [-0.1, -0.05) is 25.5 Å². The number of aromatic nitrogens is 4. The smallest absolute Gasteiger partial charge is 0.186 e. The Labute approximate surface area is 136 Å². The van der Waals surface area contributed by atoms with Crippen molar-refractivity contribution < 1.29 is 0 Å². The maximum Gasteiger partial charge on any atom is 0.186 e. The van der Waals surface area contributed by atoms with E-state index in [-0.39, 0.29) is 0 Å². The lowest BCUT2D eigenvalue weighted by Gasteiger charge is -2.31. The highest BCUT2D eigenvalue weighted by molar-refractivity contribution is 5.44. The van der Waals surface area contributed by atoms with E-state index >= 15 is 0 Å². The number of anilines is 1. The normalized spacial score (nSPS) is 15.6. The summed E-state index contributed by atoms with van der Waals surface area (Å²) < 4.78 is 1.73. The molecule has 0 N–H and O–H groups in total. The molecule has 6 nitrogen and oxygen atoms in total. The Balaban J connectivity index is 1.83. The minimum absolute atomic E-state index is 0.404. The second kappa shape index (κ2) is 6.78. The van der Waals surface area contributed by atoms with Crippen molar-refractivity contribution in [3.8, 4) is 11.8 Å². The van der Waals surface area contributed by atoms with Gasteiger partial charge in [-0.2, -0.15) is 5.26 Å². The molecule has 1 aliphatic heterocycles. The van der Waals surface area contributed by atoms with Gasteiger partial charge >= 0.3 is 0 Å². The Morgan fingerprint density at radius 3 is 2.70 bits per heavy atom. The van der Waals surface area contributed by atoms with Gasteiger partial charge in [0.15, 0.2) is 5.69 Å². The van der Waals surface area contributed by atoms with E-state index < -0.39 is 0 Å². The third-order valence-electron chi connectivity index (χ3n) is 4.44. The summed E-state index contributed by atoms with van der Waals surface area (Å²) in [6.45, 7) is 6.52. The Kier molecular flexibility index (Phi) is 4.56. The van der Waals surface area contributed by atoms with Crippen LogP contribution in [0, 0.1) is 17.2 Å². The van der Waals surface area contributed by atoms with Gasteiger partial charge in [0.1, 0.15) is 11.9 Å². The number of piperidine rings is 1. The van der Waals surface area contributed by atoms with Crippen molar-refractivity contribution in [1.82, 2.24) is 20.0 Å². The van der Waals surface area contributed by atoms with Crippen LogP contribution >= 0.6 is 0 Å². The second-order valence-corrected chi connectivity index (χ2v) is 6.20. The Bertz CT molecular complexity index is 689. The number of hydrogen-bond acceptors (Lipinski definition) is 5. The molecule has 0 spiro atoms. The number of pyridine rings is 1. The van der Waals surface area contributed by atoms with Crippen molar-refractivity contribution in [2.45, 2.75) is 39.5 Å². The summed E-state index contributed by atoms with van der Waals surface area (Å²) >= 11 is 0. The molecule has 1 saturated heterocycles. The lowest BCUT2D eigenvalue weighted by molar-refractivity contribution is 0.436. The molecule has 0 atom stereocenters. The van der Waals surface area contributed by atoms with Crippen LogP contribution in [0.15, 0.2) is 18.3 Å². The molecule has 0 aliphatic carbocycles. The molecular formula is C17H22N6. The lowest BCUT2D eigenvalue weighted by Crippen LogP contribution is -2.33. The molecule has 0 amide bonds. The van der Waals surface area contributed by atoms with E-state index in [9.17, 15) is 0 Å². The first kappa shape index (κ1) is 15.5. The van der Waals surface area contributed by atoms with Gasteiger partial charge in [-0.3, -0.25) is 0 Å². The molecule has 0 radical (unpaired) electrons. The van der Waals surface area contributed by atoms with Gasteiger partial charge in [-0.25, -0.2) is 9.67 Å². The van der Waals surface area contributed by atoms with Crippen LogP contribution in [0.5, 0.6) is 0 Å². The maximum atomic E-state index is 9.15. The van der Waals surface area contributed by atoms with E-state index in [1.54, 1.807) is 4.68 Å². The Morgan fingerprint density at radius 2 is 2.09 bits per heavy atom. The number of nitrogens with zero attached hydrogens (tertiary/aromatic N) is 6. The fourth-order valence-corrected chi connectivity index (χ4v) is 2.99. The molecule has 0 aromatic carbocycles. The fraction of sp³-hybridized carbons (Fsp3) is 0.529. The van der Waals surface area contributed by atoms with Crippen molar-refractivity contribution in [2.24, 2.45) is 5.92 Å². The van der Waals surface area contributed by atoms with Crippen LogP contribution in [0.1, 0.15) is 44.5 Å². The van der Waals surface area contributed by atoms with Crippen LogP contribution in [-0.2, 0) is 6.42 Å². The molecule has 6 heteroatoms. The monoisotopic (exact) mass is 310 g/mol. The van der Waals surface area contributed by atoms with Crippen molar-refractivity contribution in [3.63, 3.8) is 0 Å². The highest BCUT2D eigenvalue weighted by Gasteiger charge is 2.18. The van der Waals surface area contributed by atoms with Gasteiger partial charge in [-0.05, 0) is 37.3 Å². The molecule has 2 aromatic heterocycles. The van der Waals surface area contributed by atoms with Gasteiger partial charge in [0.05, 0.1) is 17.6 Å². The molecular weight excluding hydrogens is 288 g/mol. The number of rotatable bonds is 4. The molecule has 120 valence electrons.